The van der Waals surface area contributed by atoms with E-state index in [4.69, 9.17) is 61.6 Å². The lowest BCUT2D eigenvalue weighted by molar-refractivity contribution is -0.137. The van der Waals surface area contributed by atoms with Crippen LogP contribution in [0.5, 0.6) is 11.5 Å². The molecule has 1 fully saturated rings. The number of ether oxygens (including phenoxy) is 13. The molecule has 0 spiro atoms. The maximum Gasteiger partial charge on any atom is 0.416 e. The molecule has 0 radical (unpaired) electrons. The van der Waals surface area contributed by atoms with Gasteiger partial charge in [0.1, 0.15) is 23.9 Å². The number of amides is 1. The van der Waals surface area contributed by atoms with E-state index in [1.807, 2.05) is 17.0 Å². The van der Waals surface area contributed by atoms with Crippen LogP contribution in [-0.4, -0.2) is 212 Å². The molecule has 3 heterocycles. The van der Waals surface area contributed by atoms with E-state index in [1.54, 1.807) is 43.6 Å². The molecule has 1 aliphatic heterocycles. The Bertz CT molecular complexity index is 2920. The van der Waals surface area contributed by atoms with Crippen LogP contribution in [0.1, 0.15) is 42.5 Å². The normalized spacial score (nSPS) is 13.0. The van der Waals surface area contributed by atoms with Crippen LogP contribution < -0.4 is 14.8 Å². The molecular weight excluding hydrogens is 1210 g/mol. The summed E-state index contributed by atoms with van der Waals surface area (Å²) < 4.78 is 145. The van der Waals surface area contributed by atoms with Crippen molar-refractivity contribution >= 4 is 32.6 Å². The van der Waals surface area contributed by atoms with Gasteiger partial charge in [-0.3, -0.25) is 14.5 Å². The molecule has 0 bridgehead atoms. The van der Waals surface area contributed by atoms with Crippen LogP contribution in [-0.2, 0) is 84.4 Å². The number of hydrogen-bond donors (Lipinski definition) is 2. The molecule has 1 amide bonds. The minimum atomic E-state index is -4.55. The molecule has 0 aliphatic carbocycles. The monoisotopic (exact) mass is 1290 g/mol. The Morgan fingerprint density at radius 1 is 0.640 bits per heavy atom. The Labute approximate surface area is 522 Å². The number of nitrogens with one attached hydrogen (secondary N) is 2. The third kappa shape index (κ3) is 28.5. The minimum absolute atomic E-state index is 0.0506. The van der Waals surface area contributed by atoms with Gasteiger partial charge in [0.15, 0.2) is 0 Å². The summed E-state index contributed by atoms with van der Waals surface area (Å²) in [4.78, 5) is 23.1. The number of likely N-dealkylation sites (tertiary alicyclic amines) is 1. The Kier molecular flexibility index (Phi) is 34.3. The van der Waals surface area contributed by atoms with E-state index in [2.05, 4.69) is 24.4 Å². The molecule has 6 rings (SSSR count). The largest absolute Gasteiger partial charge is 0.455 e. The number of halogens is 3. The quantitative estimate of drug-likeness (QED) is 0.0354. The number of aromatic nitrogens is 3. The Morgan fingerprint density at radius 3 is 1.69 bits per heavy atom. The van der Waals surface area contributed by atoms with Crippen molar-refractivity contribution in [3.8, 4) is 39.8 Å². The maximum absolute atomic E-state index is 13.8. The summed E-state index contributed by atoms with van der Waals surface area (Å²) in [6.45, 7) is 13.2. The molecule has 23 nitrogen and oxygen atoms in total. The molecule has 89 heavy (non-hydrogen) atoms. The molecule has 1 saturated heterocycles. The van der Waals surface area contributed by atoms with Gasteiger partial charge in [0.2, 0.25) is 11.0 Å². The van der Waals surface area contributed by atoms with E-state index in [0.717, 1.165) is 42.9 Å². The Hall–Kier alpha value is -5.85. The van der Waals surface area contributed by atoms with E-state index < -0.39 is 21.8 Å². The van der Waals surface area contributed by atoms with Crippen molar-refractivity contribution in [3.63, 3.8) is 0 Å². The van der Waals surface area contributed by atoms with Crippen LogP contribution in [0.3, 0.4) is 0 Å². The number of hydrogen-bond acceptors (Lipinski definition) is 22. The number of anilines is 1. The second kappa shape index (κ2) is 42.3. The van der Waals surface area contributed by atoms with Gasteiger partial charge >= 0.3 is 6.18 Å². The molecule has 28 heteroatoms. The van der Waals surface area contributed by atoms with Gasteiger partial charge in [-0.1, -0.05) is 18.2 Å². The van der Waals surface area contributed by atoms with Gasteiger partial charge in [0, 0.05) is 50.0 Å². The topological polar surface area (TPSA) is 261 Å². The Morgan fingerprint density at radius 2 is 1.17 bits per heavy atom. The summed E-state index contributed by atoms with van der Waals surface area (Å²) in [5, 5.41) is 13.6. The average molecular weight is 1290 g/mol. The highest BCUT2D eigenvalue weighted by Gasteiger charge is 2.31. The lowest BCUT2D eigenvalue weighted by Crippen LogP contribution is -2.39. The zero-order valence-corrected chi connectivity index (χ0v) is 51.9. The molecule has 3 aromatic carbocycles. The summed E-state index contributed by atoms with van der Waals surface area (Å²) in [6, 6.07) is 19.3. The smallest absolute Gasteiger partial charge is 0.416 e. The highest BCUT2D eigenvalue weighted by molar-refractivity contribution is 7.93. The van der Waals surface area contributed by atoms with E-state index in [9.17, 15) is 31.6 Å². The lowest BCUT2D eigenvalue weighted by atomic mass is 9.93. The van der Waals surface area contributed by atoms with Gasteiger partial charge < -0.3 is 71.8 Å². The fourth-order valence-electron chi connectivity index (χ4n) is 8.76. The van der Waals surface area contributed by atoms with Crippen molar-refractivity contribution in [2.24, 2.45) is 5.92 Å². The molecule has 1 aliphatic rings. The van der Waals surface area contributed by atoms with Crippen molar-refractivity contribution < 1.29 is 88.0 Å². The van der Waals surface area contributed by atoms with E-state index in [0.29, 0.717) is 218 Å². The van der Waals surface area contributed by atoms with Crippen LogP contribution in [0.2, 0.25) is 0 Å². The van der Waals surface area contributed by atoms with Crippen LogP contribution >= 0.6 is 11.5 Å². The Balaban J connectivity index is 0.765. The number of nitrogens with zero attached hydrogens (tertiary/aromatic N) is 5. The molecule has 0 atom stereocenters. The van der Waals surface area contributed by atoms with Crippen molar-refractivity contribution in [1.82, 2.24) is 24.6 Å². The number of carbonyl (C=O) groups is 1. The first-order valence-corrected chi connectivity index (χ1v) is 31.8. The average Bonchev–Trinajstić information content (AvgIpc) is 2.89. The molecule has 0 saturated carbocycles. The molecule has 490 valence electrons. The summed E-state index contributed by atoms with van der Waals surface area (Å²) in [5.74, 6) is 0.807. The van der Waals surface area contributed by atoms with Gasteiger partial charge in [0.25, 0.3) is 10.0 Å². The summed E-state index contributed by atoms with van der Waals surface area (Å²) in [6.07, 6.45) is 1.24. The SMILES string of the molecule is COCCOCCOCCOCCOCCOCCOCCOCCOCCOCCOCCOCCC(=O)N1CCC(CCNCc2cc(-c3cc(-c4cccc(C(F)(F)F)c4)ccc3Oc3ccc(S(=O)(=O)Nc4ncns4)cc3C#N)ccn2)CC1. The molecule has 2 N–H and O–H groups in total. The molecular formula is C61H82F3N7O16S2. The number of rotatable bonds is 48. The zero-order valence-electron chi connectivity index (χ0n) is 50.3. The van der Waals surface area contributed by atoms with Gasteiger partial charge in [-0.2, -0.15) is 22.8 Å². The first-order chi connectivity index (χ1) is 43.4. The van der Waals surface area contributed by atoms with Gasteiger partial charge in [-0.05, 0) is 103 Å². The van der Waals surface area contributed by atoms with Crippen molar-refractivity contribution in [2.45, 2.75) is 43.3 Å². The zero-order chi connectivity index (χ0) is 63.0. The van der Waals surface area contributed by atoms with E-state index in [-0.39, 0.29) is 33.0 Å². The van der Waals surface area contributed by atoms with Crippen LogP contribution in [0.4, 0.5) is 18.3 Å². The van der Waals surface area contributed by atoms with Crippen molar-refractivity contribution in [2.75, 3.05) is 183 Å². The van der Waals surface area contributed by atoms with Gasteiger partial charge in [-0.15, -0.1) is 0 Å². The van der Waals surface area contributed by atoms with Crippen LogP contribution in [0.25, 0.3) is 22.3 Å². The minimum Gasteiger partial charge on any atom is -0.455 e. The third-order valence-corrected chi connectivity index (χ3v) is 15.5. The number of pyridine rings is 1. The number of methoxy groups -OCH3 is 1. The molecule has 5 aromatic rings. The van der Waals surface area contributed by atoms with E-state index in [1.165, 1.54) is 30.6 Å². The van der Waals surface area contributed by atoms with Gasteiger partial charge in [0.05, 0.1) is 180 Å². The van der Waals surface area contributed by atoms with Crippen LogP contribution in [0, 0.1) is 17.2 Å². The van der Waals surface area contributed by atoms with Crippen LogP contribution in [0.15, 0.2) is 90.2 Å². The second-order valence-electron chi connectivity index (χ2n) is 19.8. The number of nitriles is 1. The third-order valence-electron chi connectivity index (χ3n) is 13.4. The number of benzene rings is 3. The summed E-state index contributed by atoms with van der Waals surface area (Å²) in [7, 11) is -2.49. The summed E-state index contributed by atoms with van der Waals surface area (Å²) >= 11 is 0.850. The standard InChI is InChI=1S/C61H82F3N7O16S2/c1-75-19-20-77-23-24-79-27-28-81-31-32-83-35-36-85-39-40-86-38-37-84-34-33-82-30-29-80-26-25-78-22-21-76-18-13-59(72)71-16-11-48(12-17-71)9-14-66-46-54-42-51(10-15-67-54)56-44-50(49-3-2-4-53(41-49)61(62,63)64)5-7-58(56)87-57-8-6-55(43-52(57)45-65)89(73,74)70-60-68-47-69-88-60/h2-8,10,15,41-44,47-48,66H,9,11-14,16-40,46H2,1H3,(H,68,69,70). The van der Waals surface area contributed by atoms with E-state index >= 15 is 0 Å². The fourth-order valence-corrected chi connectivity index (χ4v) is 10.4. The molecule has 0 unspecified atom stereocenters. The molecule has 2 aromatic heterocycles. The number of carbonyl (C=O) groups excluding carboxylic acids is 1. The lowest BCUT2D eigenvalue weighted by Gasteiger charge is -2.32. The highest BCUT2D eigenvalue weighted by Crippen LogP contribution is 2.40. The second-order valence-corrected chi connectivity index (χ2v) is 22.3. The first kappa shape index (κ1) is 72.2. The number of alkyl halides is 3. The predicted molar refractivity (Wildman–Crippen MR) is 323 cm³/mol. The van der Waals surface area contributed by atoms with Gasteiger partial charge in [-0.25, -0.2) is 13.4 Å². The number of sulfonamides is 1. The maximum atomic E-state index is 13.8. The summed E-state index contributed by atoms with van der Waals surface area (Å²) in [5.41, 5.74) is 1.74. The van der Waals surface area contributed by atoms with Crippen molar-refractivity contribution in [1.29, 1.82) is 5.26 Å². The fraction of sp³-hybridized carbons (Fsp3) is 0.557. The number of piperidine rings is 1. The highest BCUT2D eigenvalue weighted by atomic mass is 32.2. The first-order valence-electron chi connectivity index (χ1n) is 29.5. The van der Waals surface area contributed by atoms with Crippen molar-refractivity contribution in [3.05, 3.63) is 102 Å². The predicted octanol–water partition coefficient (Wildman–Crippen LogP) is 7.69.